The van der Waals surface area contributed by atoms with Crippen molar-refractivity contribution in [2.75, 3.05) is 0 Å². The quantitative estimate of drug-likeness (QED) is 0.352. The molecule has 0 aliphatic rings. The van der Waals surface area contributed by atoms with Gasteiger partial charge in [0.25, 0.3) is 8.25 Å². The molecule has 0 spiro atoms. The van der Waals surface area contributed by atoms with Gasteiger partial charge in [0, 0.05) is 0 Å². The Morgan fingerprint density at radius 3 is 1.17 bits per heavy atom. The van der Waals surface area contributed by atoms with Gasteiger partial charge in [-0.25, -0.2) is 0 Å². The molecule has 0 heterocycles. The van der Waals surface area contributed by atoms with Crippen LogP contribution in [0.2, 0.25) is 0 Å². The Morgan fingerprint density at radius 1 is 1.17 bits per heavy atom. The van der Waals surface area contributed by atoms with Crippen molar-refractivity contribution in [1.29, 1.82) is 0 Å². The Hall–Kier alpha value is 1.06. The fourth-order valence-corrected chi connectivity index (χ4v) is 0. The summed E-state index contributed by atoms with van der Waals surface area (Å²) in [7, 11) is -3.37. The van der Waals surface area contributed by atoms with Crippen molar-refractivity contribution in [3.05, 3.63) is 0 Å². The molecule has 0 N–H and O–H groups in total. The summed E-state index contributed by atoms with van der Waals surface area (Å²) in [5, 5.41) is 0. The van der Waals surface area contributed by atoms with E-state index in [0.29, 0.717) is 0 Å². The fraction of sp³-hybridized carbons (Fsp3) is 0. The van der Waals surface area contributed by atoms with Crippen LogP contribution < -0.4 is 9.79 Å². The average Bonchev–Trinajstić information content (AvgIpc) is 0.811. The van der Waals surface area contributed by atoms with Crippen molar-refractivity contribution in [2.24, 2.45) is 0 Å². The molecular weight excluding hydrogens is 206 g/mol. The predicted molar refractivity (Wildman–Crippen MR) is 7.61 cm³/mol. The molecule has 0 aliphatic heterocycles. The van der Waals surface area contributed by atoms with Crippen LogP contribution in [-0.2, 0) is 38.7 Å². The van der Waals surface area contributed by atoms with Gasteiger partial charge in [-0.3, -0.25) is 0 Å². The molecule has 3 nitrogen and oxygen atoms in total. The van der Waals surface area contributed by atoms with Gasteiger partial charge in [0.1, 0.15) is 0 Å². The molecule has 44 valence electrons. The van der Waals surface area contributed by atoms with Crippen molar-refractivity contribution in [3.63, 3.8) is 0 Å². The van der Waals surface area contributed by atoms with E-state index >= 15 is 0 Å². The second kappa shape index (κ2) is 9.41. The van der Waals surface area contributed by atoms with Crippen LogP contribution in [0.25, 0.3) is 0 Å². The van der Waals surface area contributed by atoms with E-state index < -0.39 is 8.25 Å². The van der Waals surface area contributed by atoms with Gasteiger partial charge in [-0.2, -0.15) is 0 Å². The molecule has 0 aromatic heterocycles. The maximum atomic E-state index is 8.48. The second-order valence-corrected chi connectivity index (χ2v) is 0.671. The molecule has 0 bridgehead atoms. The molecule has 0 saturated carbocycles. The second-order valence-electron chi connectivity index (χ2n) is 0.224. The van der Waals surface area contributed by atoms with Gasteiger partial charge in [-0.15, -0.1) is 0 Å². The molecular formula is Cu2O3P+. The summed E-state index contributed by atoms with van der Waals surface area (Å²) in [6, 6.07) is 0. The summed E-state index contributed by atoms with van der Waals surface area (Å²) < 4.78 is 8.48. The summed E-state index contributed by atoms with van der Waals surface area (Å²) >= 11 is 0. The maximum Gasteiger partial charge on any atom is 1.00 e. The summed E-state index contributed by atoms with van der Waals surface area (Å²) in [5.74, 6) is 0. The van der Waals surface area contributed by atoms with Crippen LogP contribution in [-0.4, -0.2) is 0 Å². The Labute approximate surface area is 57.0 Å². The van der Waals surface area contributed by atoms with Crippen LogP contribution in [0.4, 0.5) is 0 Å². The van der Waals surface area contributed by atoms with E-state index in [-0.39, 0.29) is 34.1 Å². The van der Waals surface area contributed by atoms with Crippen molar-refractivity contribution in [1.82, 2.24) is 0 Å². The zero-order chi connectivity index (χ0) is 3.58. The molecule has 0 amide bonds. The Morgan fingerprint density at radius 2 is 1.17 bits per heavy atom. The third kappa shape index (κ3) is 74.3. The number of hydrogen-bond donors (Lipinski definition) is 0. The predicted octanol–water partition coefficient (Wildman–Crippen LogP) is -1.64. The van der Waals surface area contributed by atoms with Crippen molar-refractivity contribution < 1.29 is 48.5 Å². The third-order valence-electron chi connectivity index (χ3n) is 0. The minimum atomic E-state index is -3.37. The van der Waals surface area contributed by atoms with Gasteiger partial charge in [-0.1, -0.05) is 4.57 Å². The maximum absolute atomic E-state index is 8.48. The summed E-state index contributed by atoms with van der Waals surface area (Å²) in [4.78, 5) is 17.0. The minimum Gasteiger partial charge on any atom is -0.598 e. The van der Waals surface area contributed by atoms with E-state index in [1.807, 2.05) is 0 Å². The van der Waals surface area contributed by atoms with Crippen molar-refractivity contribution in [3.8, 4) is 0 Å². The normalized spacial score (nSPS) is 4.33. The molecule has 0 atom stereocenters. The molecule has 0 fully saturated rings. The summed E-state index contributed by atoms with van der Waals surface area (Å²) in [6.07, 6.45) is 0. The van der Waals surface area contributed by atoms with Gasteiger partial charge >= 0.3 is 34.1 Å². The van der Waals surface area contributed by atoms with E-state index in [4.69, 9.17) is 14.4 Å². The van der Waals surface area contributed by atoms with E-state index in [1.54, 1.807) is 0 Å². The van der Waals surface area contributed by atoms with Gasteiger partial charge < -0.3 is 9.79 Å². The van der Waals surface area contributed by atoms with Crippen LogP contribution in [0.15, 0.2) is 0 Å². The van der Waals surface area contributed by atoms with E-state index in [1.165, 1.54) is 0 Å². The zero-order valence-electron chi connectivity index (χ0n) is 2.27. The van der Waals surface area contributed by atoms with Crippen LogP contribution in [0.1, 0.15) is 0 Å². The molecule has 6 heteroatoms. The smallest absolute Gasteiger partial charge is 0.598 e. The first-order valence-corrected chi connectivity index (χ1v) is 1.64. The first-order valence-electron chi connectivity index (χ1n) is 0.548. The van der Waals surface area contributed by atoms with Gasteiger partial charge in [0.2, 0.25) is 0 Å². The van der Waals surface area contributed by atoms with Crippen molar-refractivity contribution in [2.45, 2.75) is 0 Å². The molecule has 0 aromatic rings. The Kier molecular flexibility index (Phi) is 24.7. The molecule has 0 aromatic carbocycles. The van der Waals surface area contributed by atoms with Crippen LogP contribution in [0.3, 0.4) is 0 Å². The molecule has 0 unspecified atom stereocenters. The standard InChI is InChI=1S/2Cu.HO3P/c;;1-4(2)3/h;;(H,1,2,3)/q2*+1;/p-1. The monoisotopic (exact) mass is 205 g/mol. The van der Waals surface area contributed by atoms with Crippen LogP contribution in [0.5, 0.6) is 0 Å². The zero-order valence-corrected chi connectivity index (χ0v) is 5.05. The Balaban J connectivity index is -0.0000000450. The van der Waals surface area contributed by atoms with Crippen LogP contribution in [0, 0.1) is 0 Å². The average molecular weight is 206 g/mol. The molecule has 0 rings (SSSR count). The fourth-order valence-electron chi connectivity index (χ4n) is 0. The van der Waals surface area contributed by atoms with Gasteiger partial charge in [0.15, 0.2) is 0 Å². The third-order valence-corrected chi connectivity index (χ3v) is 0. The van der Waals surface area contributed by atoms with E-state index in [9.17, 15) is 0 Å². The molecule has 0 saturated heterocycles. The molecule has 0 aliphatic carbocycles. The number of hydrogen-bond acceptors (Lipinski definition) is 3. The van der Waals surface area contributed by atoms with Gasteiger partial charge in [-0.05, 0) is 0 Å². The molecule has 0 radical (unpaired) electrons. The number of rotatable bonds is 0. The van der Waals surface area contributed by atoms with Gasteiger partial charge in [0.05, 0.1) is 0 Å². The first-order chi connectivity index (χ1) is 1.73. The summed E-state index contributed by atoms with van der Waals surface area (Å²) in [5.41, 5.74) is 0. The first kappa shape index (κ1) is 15.7. The Bertz CT molecular complexity index is 31.8. The van der Waals surface area contributed by atoms with Crippen LogP contribution >= 0.6 is 8.25 Å². The van der Waals surface area contributed by atoms with E-state index in [0.717, 1.165) is 0 Å². The minimum absolute atomic E-state index is 0. The van der Waals surface area contributed by atoms with Crippen molar-refractivity contribution >= 4 is 8.25 Å². The largest absolute Gasteiger partial charge is 1.00 e. The molecule has 6 heavy (non-hydrogen) atoms. The topological polar surface area (TPSA) is 63.2 Å². The SMILES string of the molecule is O=[P+]([O-])[O-].[Cu+].[Cu+]. The summed E-state index contributed by atoms with van der Waals surface area (Å²) in [6.45, 7) is 0. The van der Waals surface area contributed by atoms with E-state index in [2.05, 4.69) is 0 Å².